The number of rotatable bonds is 1. The van der Waals surface area contributed by atoms with Crippen LogP contribution in [0.25, 0.3) is 10.1 Å². The van der Waals surface area contributed by atoms with E-state index in [1.54, 1.807) is 6.07 Å². The number of thiophene rings is 1. The van der Waals surface area contributed by atoms with E-state index in [9.17, 15) is 0 Å². The summed E-state index contributed by atoms with van der Waals surface area (Å²) in [4.78, 5) is 0. The Hall–Kier alpha value is -0.555. The molecule has 2 aromatic rings. The first-order chi connectivity index (χ1) is 6.61. The van der Waals surface area contributed by atoms with Gasteiger partial charge in [0.25, 0.3) is 0 Å². The summed E-state index contributed by atoms with van der Waals surface area (Å²) < 4.78 is 2.10. The molecule has 2 rings (SSSR count). The van der Waals surface area contributed by atoms with Crippen LogP contribution >= 0.6 is 27.3 Å². The third-order valence-electron chi connectivity index (χ3n) is 1.95. The lowest BCUT2D eigenvalue weighted by Crippen LogP contribution is -2.27. The SMILES string of the molecule is Nc1cccc2sc(B(O)O)c(Br)c12. The van der Waals surface area contributed by atoms with Crippen molar-refractivity contribution in [1.82, 2.24) is 0 Å². The van der Waals surface area contributed by atoms with E-state index in [-0.39, 0.29) is 0 Å². The van der Waals surface area contributed by atoms with E-state index < -0.39 is 7.12 Å². The lowest BCUT2D eigenvalue weighted by atomic mass is 9.89. The van der Waals surface area contributed by atoms with Crippen molar-refractivity contribution in [2.45, 2.75) is 0 Å². The smallest absolute Gasteiger partial charge is 0.423 e. The summed E-state index contributed by atoms with van der Waals surface area (Å²) >= 11 is 4.63. The van der Waals surface area contributed by atoms with Crippen molar-refractivity contribution in [2.24, 2.45) is 0 Å². The number of nitrogen functional groups attached to an aromatic ring is 1. The molecule has 0 aliphatic rings. The minimum absolute atomic E-state index is 0.484. The van der Waals surface area contributed by atoms with E-state index in [0.29, 0.717) is 14.9 Å². The van der Waals surface area contributed by atoms with Crippen LogP contribution in [0, 0.1) is 0 Å². The zero-order valence-corrected chi connectivity index (χ0v) is 9.47. The molecular formula is C8H7BBrNO2S. The van der Waals surface area contributed by atoms with Gasteiger partial charge in [0.15, 0.2) is 0 Å². The van der Waals surface area contributed by atoms with E-state index in [1.165, 1.54) is 11.3 Å². The van der Waals surface area contributed by atoms with Gasteiger partial charge in [-0.2, -0.15) is 0 Å². The molecule has 0 atom stereocenters. The molecule has 0 aliphatic carbocycles. The first-order valence-electron chi connectivity index (χ1n) is 3.93. The highest BCUT2D eigenvalue weighted by Crippen LogP contribution is 2.32. The van der Waals surface area contributed by atoms with Gasteiger partial charge in [-0.15, -0.1) is 11.3 Å². The van der Waals surface area contributed by atoms with Crippen LogP contribution in [-0.2, 0) is 0 Å². The van der Waals surface area contributed by atoms with Crippen molar-refractivity contribution in [3.63, 3.8) is 0 Å². The summed E-state index contributed by atoms with van der Waals surface area (Å²) in [6, 6.07) is 5.52. The Morgan fingerprint density at radius 2 is 2.07 bits per heavy atom. The molecule has 0 fully saturated rings. The third-order valence-corrected chi connectivity index (χ3v) is 4.23. The Kier molecular flexibility index (Phi) is 2.53. The average molecular weight is 272 g/mol. The molecule has 14 heavy (non-hydrogen) atoms. The standard InChI is InChI=1S/C8H7BBrNO2S/c10-7-6-4(11)2-1-3-5(6)14-8(7)9(12)13/h1-3,12-13H,11H2. The van der Waals surface area contributed by atoms with Gasteiger partial charge >= 0.3 is 7.12 Å². The summed E-state index contributed by atoms with van der Waals surface area (Å²) in [6.07, 6.45) is 0. The predicted octanol–water partition coefficient (Wildman–Crippen LogP) is 0.926. The van der Waals surface area contributed by atoms with Gasteiger partial charge in [0.1, 0.15) is 0 Å². The van der Waals surface area contributed by atoms with E-state index in [2.05, 4.69) is 15.9 Å². The minimum atomic E-state index is -1.46. The first kappa shape index (κ1) is 9.98. The molecule has 6 heteroatoms. The molecule has 0 amide bonds. The maximum Gasteiger partial charge on any atom is 0.500 e. The zero-order chi connectivity index (χ0) is 10.3. The van der Waals surface area contributed by atoms with Crippen molar-refractivity contribution in [3.05, 3.63) is 22.7 Å². The summed E-state index contributed by atoms with van der Waals surface area (Å²) in [6.45, 7) is 0. The van der Waals surface area contributed by atoms with Crippen molar-refractivity contribution >= 4 is 54.9 Å². The molecular weight excluding hydrogens is 265 g/mol. The quantitative estimate of drug-likeness (QED) is 0.534. The average Bonchev–Trinajstić information content (AvgIpc) is 2.45. The second kappa shape index (κ2) is 3.54. The molecule has 4 N–H and O–H groups in total. The fourth-order valence-electron chi connectivity index (χ4n) is 1.32. The molecule has 1 heterocycles. The van der Waals surface area contributed by atoms with E-state index in [0.717, 1.165) is 10.1 Å². The zero-order valence-electron chi connectivity index (χ0n) is 7.07. The number of nitrogens with two attached hydrogens (primary N) is 1. The maximum atomic E-state index is 9.09. The molecule has 3 nitrogen and oxygen atoms in total. The number of anilines is 1. The van der Waals surface area contributed by atoms with Crippen molar-refractivity contribution in [3.8, 4) is 0 Å². The molecule has 0 unspecified atom stereocenters. The number of halogens is 1. The van der Waals surface area contributed by atoms with Crippen molar-refractivity contribution in [1.29, 1.82) is 0 Å². The van der Waals surface area contributed by atoms with E-state index >= 15 is 0 Å². The molecule has 0 spiro atoms. The van der Waals surface area contributed by atoms with Gasteiger partial charge in [0, 0.05) is 20.2 Å². The summed E-state index contributed by atoms with van der Waals surface area (Å²) in [5.74, 6) is 0. The highest BCUT2D eigenvalue weighted by Gasteiger charge is 2.21. The monoisotopic (exact) mass is 271 g/mol. The van der Waals surface area contributed by atoms with Crippen molar-refractivity contribution in [2.75, 3.05) is 5.73 Å². The van der Waals surface area contributed by atoms with Crippen LogP contribution in [0.2, 0.25) is 0 Å². The van der Waals surface area contributed by atoms with Crippen LogP contribution < -0.4 is 10.5 Å². The van der Waals surface area contributed by atoms with Gasteiger partial charge in [-0.25, -0.2) is 0 Å². The van der Waals surface area contributed by atoms with Crippen LogP contribution in [0.3, 0.4) is 0 Å². The first-order valence-corrected chi connectivity index (χ1v) is 5.54. The molecule has 0 saturated carbocycles. The van der Waals surface area contributed by atoms with Gasteiger partial charge in [-0.1, -0.05) is 6.07 Å². The van der Waals surface area contributed by atoms with E-state index in [1.807, 2.05) is 12.1 Å². The Morgan fingerprint density at radius 1 is 1.36 bits per heavy atom. The fraction of sp³-hybridized carbons (Fsp3) is 0. The molecule has 1 aromatic heterocycles. The Morgan fingerprint density at radius 3 is 2.64 bits per heavy atom. The van der Waals surface area contributed by atoms with Crippen LogP contribution in [0.15, 0.2) is 22.7 Å². The lowest BCUT2D eigenvalue weighted by Gasteiger charge is -1.96. The van der Waals surface area contributed by atoms with Gasteiger partial charge in [0.2, 0.25) is 0 Å². The van der Waals surface area contributed by atoms with Crippen LogP contribution in [0.4, 0.5) is 5.69 Å². The topological polar surface area (TPSA) is 66.5 Å². The number of hydrogen-bond donors (Lipinski definition) is 3. The Labute approximate surface area is 93.4 Å². The van der Waals surface area contributed by atoms with Crippen LogP contribution in [0.5, 0.6) is 0 Å². The second-order valence-electron chi connectivity index (χ2n) is 2.87. The largest absolute Gasteiger partial charge is 0.500 e. The Bertz CT molecular complexity index is 485. The molecule has 72 valence electrons. The molecule has 0 radical (unpaired) electrons. The molecule has 0 bridgehead atoms. The summed E-state index contributed by atoms with van der Waals surface area (Å²) in [7, 11) is -1.46. The van der Waals surface area contributed by atoms with Crippen LogP contribution in [0.1, 0.15) is 0 Å². The predicted molar refractivity (Wildman–Crippen MR) is 63.8 cm³/mol. The molecule has 0 saturated heterocycles. The van der Waals surface area contributed by atoms with Gasteiger partial charge in [-0.3, -0.25) is 0 Å². The number of hydrogen-bond acceptors (Lipinski definition) is 4. The van der Waals surface area contributed by atoms with Crippen LogP contribution in [-0.4, -0.2) is 17.2 Å². The normalized spacial score (nSPS) is 10.8. The lowest BCUT2D eigenvalue weighted by molar-refractivity contribution is 0.426. The Balaban J connectivity index is 2.81. The number of fused-ring (bicyclic) bond motifs is 1. The van der Waals surface area contributed by atoms with E-state index in [4.69, 9.17) is 15.8 Å². The molecule has 0 aliphatic heterocycles. The molecule has 1 aromatic carbocycles. The fourth-order valence-corrected chi connectivity index (χ4v) is 3.34. The highest BCUT2D eigenvalue weighted by molar-refractivity contribution is 9.11. The van der Waals surface area contributed by atoms with Gasteiger partial charge in [-0.05, 0) is 28.1 Å². The third kappa shape index (κ3) is 1.44. The summed E-state index contributed by atoms with van der Waals surface area (Å²) in [5, 5.41) is 19.0. The second-order valence-corrected chi connectivity index (χ2v) is 4.75. The highest BCUT2D eigenvalue weighted by atomic mass is 79.9. The van der Waals surface area contributed by atoms with Crippen molar-refractivity contribution < 1.29 is 10.0 Å². The summed E-state index contributed by atoms with van der Waals surface area (Å²) in [5.41, 5.74) is 6.42. The maximum absolute atomic E-state index is 9.09. The van der Waals surface area contributed by atoms with Gasteiger partial charge in [0.05, 0.1) is 4.78 Å². The minimum Gasteiger partial charge on any atom is -0.423 e. The number of benzene rings is 1. The van der Waals surface area contributed by atoms with Gasteiger partial charge < -0.3 is 15.8 Å².